The number of hydrogen-bond donors (Lipinski definition) is 0. The van der Waals surface area contributed by atoms with Crippen LogP contribution in [-0.2, 0) is 23.4 Å². The van der Waals surface area contributed by atoms with Gasteiger partial charge in [-0.15, -0.1) is 0 Å². The van der Waals surface area contributed by atoms with E-state index in [9.17, 15) is 4.39 Å². The molecular weight excluding hydrogens is 283 g/mol. The third kappa shape index (κ3) is 17.9. The zero-order valence-corrected chi connectivity index (χ0v) is 14.0. The average Bonchev–Trinajstić information content (AvgIpc) is 2.38. The standard InChI is InChI=1S/C13H29FO5Si/c1-20(2,3)19-13-12-18-11-10-17-9-8-16-7-6-15-5-4-14/h4-13H2,1-3H3. The van der Waals surface area contributed by atoms with Gasteiger partial charge in [-0.2, -0.15) is 0 Å². The Morgan fingerprint density at radius 3 is 1.30 bits per heavy atom. The van der Waals surface area contributed by atoms with Crippen LogP contribution in [0.15, 0.2) is 0 Å². The molecule has 0 spiro atoms. The molecule has 0 unspecified atom stereocenters. The predicted molar refractivity (Wildman–Crippen MR) is 78.5 cm³/mol. The summed E-state index contributed by atoms with van der Waals surface area (Å²) in [6.07, 6.45) is 0. The molecule has 0 atom stereocenters. The molecule has 0 aromatic rings. The maximum absolute atomic E-state index is 11.7. The number of rotatable bonds is 15. The highest BCUT2D eigenvalue weighted by Crippen LogP contribution is 2.01. The molecule has 0 amide bonds. The molecule has 0 aliphatic carbocycles. The molecule has 0 heterocycles. The zero-order valence-electron chi connectivity index (χ0n) is 13.0. The lowest BCUT2D eigenvalue weighted by atomic mass is 10.7. The summed E-state index contributed by atoms with van der Waals surface area (Å²) in [5, 5.41) is 0. The van der Waals surface area contributed by atoms with Crippen molar-refractivity contribution >= 4 is 8.32 Å². The molecule has 0 rings (SSSR count). The van der Waals surface area contributed by atoms with Crippen LogP contribution in [0.1, 0.15) is 0 Å². The van der Waals surface area contributed by atoms with Gasteiger partial charge >= 0.3 is 0 Å². The van der Waals surface area contributed by atoms with Gasteiger partial charge in [0.2, 0.25) is 0 Å². The van der Waals surface area contributed by atoms with Crippen molar-refractivity contribution in [2.75, 3.05) is 66.1 Å². The van der Waals surface area contributed by atoms with Crippen LogP contribution in [-0.4, -0.2) is 74.5 Å². The van der Waals surface area contributed by atoms with Crippen molar-refractivity contribution in [1.29, 1.82) is 0 Å². The smallest absolute Gasteiger partial charge is 0.183 e. The van der Waals surface area contributed by atoms with Gasteiger partial charge in [0.05, 0.1) is 59.5 Å². The van der Waals surface area contributed by atoms with Crippen LogP contribution in [0.4, 0.5) is 4.39 Å². The van der Waals surface area contributed by atoms with E-state index in [0.29, 0.717) is 52.9 Å². The topological polar surface area (TPSA) is 46.2 Å². The summed E-state index contributed by atoms with van der Waals surface area (Å²) in [7, 11) is -1.42. The molecule has 0 aromatic heterocycles. The van der Waals surface area contributed by atoms with Crippen LogP contribution in [0.5, 0.6) is 0 Å². The minimum atomic E-state index is -1.42. The highest BCUT2D eigenvalue weighted by atomic mass is 28.4. The summed E-state index contributed by atoms with van der Waals surface area (Å²) in [4.78, 5) is 0. The molecule has 0 aliphatic rings. The summed E-state index contributed by atoms with van der Waals surface area (Å²) in [5.74, 6) is 0. The van der Waals surface area contributed by atoms with Crippen molar-refractivity contribution in [3.63, 3.8) is 0 Å². The maximum atomic E-state index is 11.7. The molecular formula is C13H29FO5Si. The van der Waals surface area contributed by atoms with E-state index in [1.165, 1.54) is 0 Å². The second-order valence-corrected chi connectivity index (χ2v) is 9.61. The van der Waals surface area contributed by atoms with E-state index >= 15 is 0 Å². The van der Waals surface area contributed by atoms with Crippen LogP contribution < -0.4 is 0 Å². The SMILES string of the molecule is C[Si](C)(C)OCCOCCOCCOCCOCCF. The van der Waals surface area contributed by atoms with Crippen LogP contribution in [0.2, 0.25) is 19.6 Å². The highest BCUT2D eigenvalue weighted by Gasteiger charge is 2.12. The first-order chi connectivity index (χ1) is 9.56. The number of hydrogen-bond acceptors (Lipinski definition) is 5. The zero-order chi connectivity index (χ0) is 15.1. The quantitative estimate of drug-likeness (QED) is 0.341. The van der Waals surface area contributed by atoms with Gasteiger partial charge in [0.25, 0.3) is 0 Å². The van der Waals surface area contributed by atoms with E-state index in [1.54, 1.807) is 0 Å². The Bertz CT molecular complexity index is 202. The summed E-state index contributed by atoms with van der Waals surface area (Å²) in [6, 6.07) is 0. The molecule has 0 aliphatic heterocycles. The van der Waals surface area contributed by atoms with Crippen LogP contribution in [0.25, 0.3) is 0 Å². The fourth-order valence-corrected chi connectivity index (χ4v) is 1.92. The Hall–Kier alpha value is -0.0531. The fourth-order valence-electron chi connectivity index (χ4n) is 1.22. The molecule has 0 fully saturated rings. The third-order valence-corrected chi connectivity index (χ3v) is 3.17. The van der Waals surface area contributed by atoms with Gasteiger partial charge in [-0.3, -0.25) is 0 Å². The molecule has 122 valence electrons. The average molecular weight is 312 g/mol. The van der Waals surface area contributed by atoms with Gasteiger partial charge in [-0.1, -0.05) is 0 Å². The maximum Gasteiger partial charge on any atom is 0.183 e. The molecule has 5 nitrogen and oxygen atoms in total. The van der Waals surface area contributed by atoms with E-state index in [2.05, 4.69) is 19.6 Å². The Kier molecular flexibility index (Phi) is 13.9. The Labute approximate surface area is 122 Å². The monoisotopic (exact) mass is 312 g/mol. The number of alkyl halides is 1. The molecule has 20 heavy (non-hydrogen) atoms. The number of ether oxygens (including phenoxy) is 4. The first-order valence-electron chi connectivity index (χ1n) is 7.07. The molecule has 0 saturated carbocycles. The predicted octanol–water partition coefficient (Wildman–Crippen LogP) is 1.87. The Balaban J connectivity index is 2.99. The summed E-state index contributed by atoms with van der Waals surface area (Å²) in [5.41, 5.74) is 0. The summed E-state index contributed by atoms with van der Waals surface area (Å²) >= 11 is 0. The van der Waals surface area contributed by atoms with E-state index in [4.69, 9.17) is 23.4 Å². The fraction of sp³-hybridized carbons (Fsp3) is 1.00. The Morgan fingerprint density at radius 2 is 0.950 bits per heavy atom. The second kappa shape index (κ2) is 13.9. The molecule has 0 radical (unpaired) electrons. The largest absolute Gasteiger partial charge is 0.415 e. The van der Waals surface area contributed by atoms with Gasteiger partial charge in [-0.05, 0) is 19.6 Å². The van der Waals surface area contributed by atoms with Crippen molar-refractivity contribution in [2.45, 2.75) is 19.6 Å². The van der Waals surface area contributed by atoms with Crippen LogP contribution in [0.3, 0.4) is 0 Å². The molecule has 0 bridgehead atoms. The summed E-state index contributed by atoms with van der Waals surface area (Å²) in [6.45, 7) is 10.4. The normalized spacial score (nSPS) is 12.0. The van der Waals surface area contributed by atoms with Crippen LogP contribution in [0, 0.1) is 0 Å². The first-order valence-corrected chi connectivity index (χ1v) is 10.5. The van der Waals surface area contributed by atoms with Crippen LogP contribution >= 0.6 is 0 Å². The number of halogens is 1. The van der Waals surface area contributed by atoms with Gasteiger partial charge in [-0.25, -0.2) is 4.39 Å². The third-order valence-electron chi connectivity index (χ3n) is 2.10. The minimum Gasteiger partial charge on any atom is -0.415 e. The summed E-state index contributed by atoms with van der Waals surface area (Å²) < 4.78 is 38.2. The van der Waals surface area contributed by atoms with E-state index in [-0.39, 0.29) is 6.61 Å². The van der Waals surface area contributed by atoms with Crippen molar-refractivity contribution in [3.05, 3.63) is 0 Å². The molecule has 0 N–H and O–H groups in total. The lowest BCUT2D eigenvalue weighted by Crippen LogP contribution is -2.27. The van der Waals surface area contributed by atoms with E-state index in [0.717, 1.165) is 0 Å². The van der Waals surface area contributed by atoms with Gasteiger partial charge in [0.1, 0.15) is 6.67 Å². The van der Waals surface area contributed by atoms with Crippen molar-refractivity contribution in [2.24, 2.45) is 0 Å². The molecule has 0 aromatic carbocycles. The van der Waals surface area contributed by atoms with Gasteiger partial charge in [0, 0.05) is 0 Å². The second-order valence-electron chi connectivity index (χ2n) is 5.10. The first kappa shape index (κ1) is 19.9. The lowest BCUT2D eigenvalue weighted by Gasteiger charge is -2.16. The van der Waals surface area contributed by atoms with E-state index < -0.39 is 15.0 Å². The molecule has 7 heteroatoms. The van der Waals surface area contributed by atoms with Gasteiger partial charge in [0.15, 0.2) is 8.32 Å². The Morgan fingerprint density at radius 1 is 0.600 bits per heavy atom. The van der Waals surface area contributed by atoms with Gasteiger partial charge < -0.3 is 23.4 Å². The van der Waals surface area contributed by atoms with E-state index in [1.807, 2.05) is 0 Å². The van der Waals surface area contributed by atoms with Crippen molar-refractivity contribution < 1.29 is 27.8 Å². The van der Waals surface area contributed by atoms with Crippen molar-refractivity contribution in [1.82, 2.24) is 0 Å². The highest BCUT2D eigenvalue weighted by molar-refractivity contribution is 6.69. The van der Waals surface area contributed by atoms with Crippen molar-refractivity contribution in [3.8, 4) is 0 Å². The lowest BCUT2D eigenvalue weighted by molar-refractivity contribution is -0.00581. The minimum absolute atomic E-state index is 0.138. The molecule has 0 saturated heterocycles.